The molecule has 2 aromatic heterocycles. The normalized spacial score (nSPS) is 11.9. The summed E-state index contributed by atoms with van der Waals surface area (Å²) in [6, 6.07) is 7.59. The Morgan fingerprint density at radius 2 is 2.11 bits per heavy atom. The number of aromatic nitrogens is 3. The first-order chi connectivity index (χ1) is 8.79. The van der Waals surface area contributed by atoms with Gasteiger partial charge in [0.05, 0.1) is 18.3 Å². The van der Waals surface area contributed by atoms with Crippen LogP contribution in [0.15, 0.2) is 36.7 Å². The Morgan fingerprint density at radius 3 is 2.83 bits per heavy atom. The fourth-order valence-electron chi connectivity index (χ4n) is 1.54. The van der Waals surface area contributed by atoms with Crippen LogP contribution in [0.25, 0.3) is 0 Å². The van der Waals surface area contributed by atoms with Gasteiger partial charge in [-0.1, -0.05) is 6.07 Å². The van der Waals surface area contributed by atoms with Crippen LogP contribution in [0.3, 0.4) is 0 Å². The minimum Gasteiger partial charge on any atom is -0.478 e. The highest BCUT2D eigenvalue weighted by atomic mass is 16.5. The molecule has 2 heterocycles. The monoisotopic (exact) mass is 244 g/mol. The van der Waals surface area contributed by atoms with Crippen molar-refractivity contribution in [3.8, 4) is 5.88 Å². The average Bonchev–Trinajstić information content (AvgIpc) is 2.40. The molecule has 0 spiro atoms. The third-order valence-corrected chi connectivity index (χ3v) is 2.40. The molecule has 0 aliphatic heterocycles. The summed E-state index contributed by atoms with van der Waals surface area (Å²) in [5.41, 5.74) is 0.947. The molecule has 0 bridgehead atoms. The molecule has 0 amide bonds. The van der Waals surface area contributed by atoms with Crippen molar-refractivity contribution in [1.29, 1.82) is 0 Å². The molecule has 0 saturated carbocycles. The van der Waals surface area contributed by atoms with Crippen molar-refractivity contribution in [2.75, 3.05) is 11.9 Å². The minimum absolute atomic E-state index is 0.0445. The first-order valence-corrected chi connectivity index (χ1v) is 5.93. The maximum atomic E-state index is 5.33. The molecule has 94 valence electrons. The lowest BCUT2D eigenvalue weighted by Crippen LogP contribution is -2.11. The van der Waals surface area contributed by atoms with Crippen LogP contribution in [-0.2, 0) is 0 Å². The first kappa shape index (κ1) is 12.3. The lowest BCUT2D eigenvalue weighted by Gasteiger charge is -2.13. The summed E-state index contributed by atoms with van der Waals surface area (Å²) in [6.07, 6.45) is 3.44. The van der Waals surface area contributed by atoms with Crippen LogP contribution in [0.5, 0.6) is 5.88 Å². The van der Waals surface area contributed by atoms with Crippen molar-refractivity contribution in [3.05, 3.63) is 42.4 Å². The fraction of sp³-hybridized carbons (Fsp3) is 0.308. The average molecular weight is 244 g/mol. The summed E-state index contributed by atoms with van der Waals surface area (Å²) in [4.78, 5) is 12.7. The highest BCUT2D eigenvalue weighted by Gasteiger charge is 2.08. The number of nitrogens with zero attached hydrogens (tertiary/aromatic N) is 3. The molecule has 18 heavy (non-hydrogen) atoms. The van der Waals surface area contributed by atoms with Gasteiger partial charge >= 0.3 is 0 Å². The third-order valence-electron chi connectivity index (χ3n) is 2.40. The molecule has 5 heteroatoms. The molecule has 1 N–H and O–H groups in total. The van der Waals surface area contributed by atoms with Crippen molar-refractivity contribution in [3.63, 3.8) is 0 Å². The van der Waals surface area contributed by atoms with E-state index in [1.165, 1.54) is 0 Å². The Labute approximate surface area is 106 Å². The Kier molecular flexibility index (Phi) is 4.06. The zero-order valence-corrected chi connectivity index (χ0v) is 10.5. The Morgan fingerprint density at radius 1 is 1.22 bits per heavy atom. The van der Waals surface area contributed by atoms with Gasteiger partial charge < -0.3 is 10.1 Å². The lowest BCUT2D eigenvalue weighted by molar-refractivity contribution is 0.326. The van der Waals surface area contributed by atoms with Crippen LogP contribution in [0.2, 0.25) is 0 Å². The van der Waals surface area contributed by atoms with E-state index in [0.29, 0.717) is 18.4 Å². The van der Waals surface area contributed by atoms with E-state index < -0.39 is 0 Å². The molecule has 0 aliphatic carbocycles. The molecule has 1 unspecified atom stereocenters. The molecule has 0 saturated heterocycles. The van der Waals surface area contributed by atoms with E-state index >= 15 is 0 Å². The Balaban J connectivity index is 2.07. The van der Waals surface area contributed by atoms with Crippen LogP contribution in [-0.4, -0.2) is 21.6 Å². The molecule has 1 atom stereocenters. The number of hydrogen-bond acceptors (Lipinski definition) is 5. The minimum atomic E-state index is 0.0445. The Hall–Kier alpha value is -2.17. The van der Waals surface area contributed by atoms with Crippen molar-refractivity contribution in [1.82, 2.24) is 15.0 Å². The summed E-state index contributed by atoms with van der Waals surface area (Å²) in [5, 5.41) is 3.19. The van der Waals surface area contributed by atoms with Crippen LogP contribution >= 0.6 is 0 Å². The van der Waals surface area contributed by atoms with Crippen LogP contribution in [0.4, 0.5) is 5.95 Å². The number of pyridine rings is 1. The zero-order chi connectivity index (χ0) is 12.8. The van der Waals surface area contributed by atoms with Crippen molar-refractivity contribution in [2.24, 2.45) is 0 Å². The zero-order valence-electron chi connectivity index (χ0n) is 10.5. The quantitative estimate of drug-likeness (QED) is 0.875. The second-order valence-electron chi connectivity index (χ2n) is 3.77. The van der Waals surface area contributed by atoms with Gasteiger partial charge in [0.25, 0.3) is 0 Å². The molecule has 2 aromatic rings. The van der Waals surface area contributed by atoms with Crippen LogP contribution < -0.4 is 10.1 Å². The molecular weight excluding hydrogens is 228 g/mol. The van der Waals surface area contributed by atoms with Crippen molar-refractivity contribution < 1.29 is 4.74 Å². The number of anilines is 1. The van der Waals surface area contributed by atoms with Gasteiger partial charge in [-0.15, -0.1) is 0 Å². The maximum Gasteiger partial charge on any atom is 0.226 e. The second kappa shape index (κ2) is 5.95. The molecular formula is C13H16N4O. The fourth-order valence-corrected chi connectivity index (χ4v) is 1.54. The first-order valence-electron chi connectivity index (χ1n) is 5.93. The second-order valence-corrected chi connectivity index (χ2v) is 3.77. The number of ether oxygens (including phenoxy) is 1. The van der Waals surface area contributed by atoms with Crippen LogP contribution in [0.1, 0.15) is 25.6 Å². The van der Waals surface area contributed by atoms with E-state index in [1.54, 1.807) is 18.5 Å². The lowest BCUT2D eigenvalue weighted by atomic mass is 10.2. The summed E-state index contributed by atoms with van der Waals surface area (Å²) >= 11 is 0. The van der Waals surface area contributed by atoms with Gasteiger partial charge in [-0.2, -0.15) is 4.98 Å². The number of rotatable bonds is 5. The van der Waals surface area contributed by atoms with E-state index in [9.17, 15) is 0 Å². The van der Waals surface area contributed by atoms with E-state index in [4.69, 9.17) is 4.74 Å². The van der Waals surface area contributed by atoms with E-state index in [2.05, 4.69) is 20.3 Å². The standard InChI is InChI=1S/C13H16N4O/c1-3-18-12-7-9-15-13(17-12)16-10(2)11-6-4-5-8-14-11/h4-10H,3H2,1-2H3,(H,15,16,17). The molecule has 0 aromatic carbocycles. The van der Waals surface area contributed by atoms with Crippen molar-refractivity contribution >= 4 is 5.95 Å². The topological polar surface area (TPSA) is 59.9 Å². The predicted molar refractivity (Wildman–Crippen MR) is 69.5 cm³/mol. The largest absolute Gasteiger partial charge is 0.478 e. The van der Waals surface area contributed by atoms with Gasteiger partial charge in [-0.3, -0.25) is 4.98 Å². The maximum absolute atomic E-state index is 5.33. The van der Waals surface area contributed by atoms with Crippen molar-refractivity contribution in [2.45, 2.75) is 19.9 Å². The van der Waals surface area contributed by atoms with Gasteiger partial charge in [0.15, 0.2) is 0 Å². The molecule has 2 rings (SSSR count). The van der Waals surface area contributed by atoms with Gasteiger partial charge in [-0.05, 0) is 26.0 Å². The number of nitrogens with one attached hydrogen (secondary N) is 1. The highest BCUT2D eigenvalue weighted by molar-refractivity contribution is 5.30. The third kappa shape index (κ3) is 3.16. The highest BCUT2D eigenvalue weighted by Crippen LogP contribution is 2.15. The summed E-state index contributed by atoms with van der Waals surface area (Å²) in [6.45, 7) is 4.52. The van der Waals surface area contributed by atoms with E-state index in [0.717, 1.165) is 5.69 Å². The molecule has 0 aliphatic rings. The van der Waals surface area contributed by atoms with Gasteiger partial charge in [-0.25, -0.2) is 4.98 Å². The summed E-state index contributed by atoms with van der Waals surface area (Å²) < 4.78 is 5.33. The molecule has 0 fully saturated rings. The van der Waals surface area contributed by atoms with E-state index in [1.807, 2.05) is 32.0 Å². The summed E-state index contributed by atoms with van der Waals surface area (Å²) in [7, 11) is 0. The summed E-state index contributed by atoms with van der Waals surface area (Å²) in [5.74, 6) is 1.11. The van der Waals surface area contributed by atoms with Crippen LogP contribution in [0, 0.1) is 0 Å². The smallest absolute Gasteiger partial charge is 0.226 e. The predicted octanol–water partition coefficient (Wildman–Crippen LogP) is 2.44. The van der Waals surface area contributed by atoms with Gasteiger partial charge in [0.1, 0.15) is 0 Å². The Bertz CT molecular complexity index is 489. The van der Waals surface area contributed by atoms with Gasteiger partial charge in [0.2, 0.25) is 11.8 Å². The van der Waals surface area contributed by atoms with Gasteiger partial charge in [0, 0.05) is 18.5 Å². The SMILES string of the molecule is CCOc1ccnc(NC(C)c2ccccn2)n1. The number of hydrogen-bond donors (Lipinski definition) is 1. The molecule has 0 radical (unpaired) electrons. The van der Waals surface area contributed by atoms with E-state index in [-0.39, 0.29) is 6.04 Å². The molecule has 5 nitrogen and oxygen atoms in total.